The molecule has 0 radical (unpaired) electrons. The molecule has 7 heteroatoms. The molecule has 1 unspecified atom stereocenters. The van der Waals surface area contributed by atoms with Crippen molar-refractivity contribution in [1.82, 2.24) is 9.97 Å². The zero-order valence-corrected chi connectivity index (χ0v) is 10.5. The van der Waals surface area contributed by atoms with Gasteiger partial charge < -0.3 is 20.5 Å². The molecule has 1 aromatic heterocycles. The summed E-state index contributed by atoms with van der Waals surface area (Å²) in [6.45, 7) is 3.02. The van der Waals surface area contributed by atoms with Crippen molar-refractivity contribution in [2.75, 3.05) is 30.9 Å². The fourth-order valence-electron chi connectivity index (χ4n) is 1.38. The zero-order valence-electron chi connectivity index (χ0n) is 10.5. The molecule has 0 aliphatic heterocycles. The first-order chi connectivity index (χ1) is 8.61. The van der Waals surface area contributed by atoms with Gasteiger partial charge in [-0.1, -0.05) is 0 Å². The van der Waals surface area contributed by atoms with E-state index in [2.05, 4.69) is 20.6 Å². The largest absolute Gasteiger partial charge is 0.481 e. The van der Waals surface area contributed by atoms with Crippen molar-refractivity contribution in [3.63, 3.8) is 0 Å². The van der Waals surface area contributed by atoms with Crippen molar-refractivity contribution in [2.45, 2.75) is 19.4 Å². The molecule has 0 aromatic carbocycles. The van der Waals surface area contributed by atoms with Gasteiger partial charge in [0.25, 0.3) is 0 Å². The van der Waals surface area contributed by atoms with Crippen LogP contribution in [0.2, 0.25) is 0 Å². The molecule has 0 amide bonds. The van der Waals surface area contributed by atoms with Crippen LogP contribution in [0, 0.1) is 0 Å². The Morgan fingerprint density at radius 2 is 2.22 bits per heavy atom. The van der Waals surface area contributed by atoms with Crippen LogP contribution in [0.25, 0.3) is 0 Å². The number of ether oxygens (including phenoxy) is 1. The van der Waals surface area contributed by atoms with Crippen LogP contribution in [-0.2, 0) is 9.53 Å². The quantitative estimate of drug-likeness (QED) is 0.591. The monoisotopic (exact) mass is 254 g/mol. The second kappa shape index (κ2) is 7.44. The second-order valence-corrected chi connectivity index (χ2v) is 3.85. The first-order valence-corrected chi connectivity index (χ1v) is 5.65. The molecule has 1 atom stereocenters. The van der Waals surface area contributed by atoms with Crippen LogP contribution in [-0.4, -0.2) is 47.3 Å². The van der Waals surface area contributed by atoms with Crippen molar-refractivity contribution < 1.29 is 14.6 Å². The lowest BCUT2D eigenvalue weighted by molar-refractivity contribution is -0.137. The van der Waals surface area contributed by atoms with Gasteiger partial charge in [0.05, 0.1) is 13.0 Å². The number of carboxylic acids is 1. The Morgan fingerprint density at radius 3 is 2.89 bits per heavy atom. The molecule has 7 nitrogen and oxygen atoms in total. The number of nitrogens with zero attached hydrogens (tertiary/aromatic N) is 2. The molecular formula is C11H18N4O3. The standard InChI is InChI=1S/C11H18N4O3/c1-8(5-11(16)17)15-10-6-9(13-7-14-10)12-3-4-18-2/h6-8H,3-5H2,1-2H3,(H,16,17)(H2,12,13,14,15). The molecule has 1 heterocycles. The van der Waals surface area contributed by atoms with Crippen LogP contribution in [0.5, 0.6) is 0 Å². The van der Waals surface area contributed by atoms with Crippen molar-refractivity contribution in [3.8, 4) is 0 Å². The van der Waals surface area contributed by atoms with Crippen molar-refractivity contribution in [1.29, 1.82) is 0 Å². The maximum atomic E-state index is 10.5. The Labute approximate surface area is 106 Å². The minimum Gasteiger partial charge on any atom is -0.481 e. The zero-order chi connectivity index (χ0) is 13.4. The molecule has 18 heavy (non-hydrogen) atoms. The third-order valence-corrected chi connectivity index (χ3v) is 2.15. The van der Waals surface area contributed by atoms with E-state index in [1.807, 2.05) is 0 Å². The normalized spacial score (nSPS) is 11.9. The molecule has 3 N–H and O–H groups in total. The Kier molecular flexibility index (Phi) is 5.86. The van der Waals surface area contributed by atoms with Gasteiger partial charge in [-0.25, -0.2) is 9.97 Å². The van der Waals surface area contributed by atoms with Crippen LogP contribution in [0.15, 0.2) is 12.4 Å². The molecular weight excluding hydrogens is 236 g/mol. The highest BCUT2D eigenvalue weighted by Gasteiger charge is 2.08. The van der Waals surface area contributed by atoms with Gasteiger partial charge in [0, 0.05) is 25.8 Å². The highest BCUT2D eigenvalue weighted by Crippen LogP contribution is 2.10. The van der Waals surface area contributed by atoms with Gasteiger partial charge in [-0.05, 0) is 6.92 Å². The lowest BCUT2D eigenvalue weighted by Gasteiger charge is -2.12. The van der Waals surface area contributed by atoms with Gasteiger partial charge in [-0.15, -0.1) is 0 Å². The van der Waals surface area contributed by atoms with Crippen molar-refractivity contribution >= 4 is 17.6 Å². The fraction of sp³-hybridized carbons (Fsp3) is 0.545. The Morgan fingerprint density at radius 1 is 1.50 bits per heavy atom. The van der Waals surface area contributed by atoms with Crippen LogP contribution in [0.3, 0.4) is 0 Å². The number of nitrogens with one attached hydrogen (secondary N) is 2. The number of aliphatic carboxylic acids is 1. The molecule has 0 bridgehead atoms. The first kappa shape index (κ1) is 14.2. The molecule has 0 saturated carbocycles. The van der Waals surface area contributed by atoms with E-state index in [1.54, 1.807) is 20.1 Å². The van der Waals surface area contributed by atoms with E-state index in [1.165, 1.54) is 6.33 Å². The predicted octanol–water partition coefficient (Wildman–Crippen LogP) is 0.810. The van der Waals surface area contributed by atoms with Crippen LogP contribution >= 0.6 is 0 Å². The maximum absolute atomic E-state index is 10.5. The molecule has 100 valence electrons. The smallest absolute Gasteiger partial charge is 0.305 e. The third kappa shape index (κ3) is 5.44. The minimum atomic E-state index is -0.845. The van der Waals surface area contributed by atoms with Gasteiger partial charge >= 0.3 is 5.97 Å². The summed E-state index contributed by atoms with van der Waals surface area (Å²) in [5.74, 6) is 0.424. The highest BCUT2D eigenvalue weighted by atomic mass is 16.5. The van der Waals surface area contributed by atoms with Gasteiger partial charge in [-0.2, -0.15) is 0 Å². The predicted molar refractivity (Wildman–Crippen MR) is 67.7 cm³/mol. The van der Waals surface area contributed by atoms with E-state index in [9.17, 15) is 4.79 Å². The molecule has 0 fully saturated rings. The summed E-state index contributed by atoms with van der Waals surface area (Å²) in [6.07, 6.45) is 1.46. The van der Waals surface area contributed by atoms with E-state index in [0.29, 0.717) is 24.8 Å². The summed E-state index contributed by atoms with van der Waals surface area (Å²) in [7, 11) is 1.63. The van der Waals surface area contributed by atoms with Crippen molar-refractivity contribution in [3.05, 3.63) is 12.4 Å². The number of hydrogen-bond donors (Lipinski definition) is 3. The summed E-state index contributed by atoms with van der Waals surface area (Å²) < 4.78 is 4.92. The Balaban J connectivity index is 2.50. The van der Waals surface area contributed by atoms with Gasteiger partial charge in [0.1, 0.15) is 18.0 Å². The maximum Gasteiger partial charge on any atom is 0.305 e. The highest BCUT2D eigenvalue weighted by molar-refractivity contribution is 5.68. The summed E-state index contributed by atoms with van der Waals surface area (Å²) in [5, 5.41) is 14.7. The van der Waals surface area contributed by atoms with E-state index in [4.69, 9.17) is 9.84 Å². The third-order valence-electron chi connectivity index (χ3n) is 2.15. The summed E-state index contributed by atoms with van der Waals surface area (Å²) in [6, 6.07) is 1.54. The Bertz CT molecular complexity index is 386. The second-order valence-electron chi connectivity index (χ2n) is 3.85. The molecule has 0 aliphatic rings. The average Bonchev–Trinajstić information content (AvgIpc) is 2.28. The number of carbonyl (C=O) groups is 1. The number of anilines is 2. The number of aromatic nitrogens is 2. The fourth-order valence-corrected chi connectivity index (χ4v) is 1.38. The SMILES string of the molecule is COCCNc1cc(NC(C)CC(=O)O)ncn1. The minimum absolute atomic E-state index is 0.0381. The summed E-state index contributed by atoms with van der Waals surface area (Å²) in [5.41, 5.74) is 0. The van der Waals surface area contributed by atoms with Crippen LogP contribution in [0.4, 0.5) is 11.6 Å². The lowest BCUT2D eigenvalue weighted by atomic mass is 10.2. The first-order valence-electron chi connectivity index (χ1n) is 5.65. The molecule has 1 rings (SSSR count). The van der Waals surface area contributed by atoms with E-state index in [-0.39, 0.29) is 12.5 Å². The topological polar surface area (TPSA) is 96.4 Å². The molecule has 0 spiro atoms. The lowest BCUT2D eigenvalue weighted by Crippen LogP contribution is -2.20. The molecule has 1 aromatic rings. The van der Waals surface area contributed by atoms with Gasteiger partial charge in [0.2, 0.25) is 0 Å². The van der Waals surface area contributed by atoms with Crippen molar-refractivity contribution in [2.24, 2.45) is 0 Å². The average molecular weight is 254 g/mol. The van der Waals surface area contributed by atoms with E-state index >= 15 is 0 Å². The van der Waals surface area contributed by atoms with Gasteiger partial charge in [0.15, 0.2) is 0 Å². The Hall–Kier alpha value is -1.89. The summed E-state index contributed by atoms with van der Waals surface area (Å²) >= 11 is 0. The molecule has 0 aliphatic carbocycles. The summed E-state index contributed by atoms with van der Waals surface area (Å²) in [4.78, 5) is 18.6. The van der Waals surface area contributed by atoms with Crippen LogP contribution < -0.4 is 10.6 Å². The number of methoxy groups -OCH3 is 1. The number of carboxylic acid groups (broad SMARTS) is 1. The number of rotatable bonds is 8. The van der Waals surface area contributed by atoms with Crippen LogP contribution in [0.1, 0.15) is 13.3 Å². The van der Waals surface area contributed by atoms with Gasteiger partial charge in [-0.3, -0.25) is 4.79 Å². The molecule has 0 saturated heterocycles. The van der Waals surface area contributed by atoms with E-state index in [0.717, 1.165) is 0 Å². The number of hydrogen-bond acceptors (Lipinski definition) is 6. The van der Waals surface area contributed by atoms with E-state index < -0.39 is 5.97 Å².